The van der Waals surface area contributed by atoms with E-state index in [1.165, 1.54) is 0 Å². The van der Waals surface area contributed by atoms with Crippen molar-refractivity contribution >= 4 is 0 Å². The van der Waals surface area contributed by atoms with Gasteiger partial charge in [0.15, 0.2) is 0 Å². The van der Waals surface area contributed by atoms with E-state index in [0.29, 0.717) is 5.92 Å². The lowest BCUT2D eigenvalue weighted by atomic mass is 9.97. The molecule has 3 atom stereocenters. The van der Waals surface area contributed by atoms with Gasteiger partial charge in [-0.3, -0.25) is 0 Å². The molecule has 3 unspecified atom stereocenters. The third-order valence-electron chi connectivity index (χ3n) is 1.52. The van der Waals surface area contributed by atoms with Crippen LogP contribution in [-0.4, -0.2) is 17.3 Å². The second-order valence-corrected chi connectivity index (χ2v) is 3.40. The zero-order valence-corrected chi connectivity index (χ0v) is 7.17. The molecule has 0 radical (unpaired) electrons. The molecule has 0 aliphatic rings. The Hall–Kier alpha value is -0.0800. The number of aliphatic hydroxyl groups excluding tert-OH is 1. The molecule has 0 amide bonds. The van der Waals surface area contributed by atoms with Gasteiger partial charge in [-0.25, -0.2) is 0 Å². The van der Waals surface area contributed by atoms with E-state index in [2.05, 4.69) is 6.92 Å². The average Bonchev–Trinajstić information content (AvgIpc) is 1.58. The lowest BCUT2D eigenvalue weighted by Crippen LogP contribution is -2.20. The Labute approximate surface area is 63.4 Å². The summed E-state index contributed by atoms with van der Waals surface area (Å²) in [6, 6.07) is 0.258. The zero-order chi connectivity index (χ0) is 8.15. The van der Waals surface area contributed by atoms with Crippen molar-refractivity contribution < 1.29 is 5.11 Å². The topological polar surface area (TPSA) is 46.2 Å². The van der Waals surface area contributed by atoms with Crippen LogP contribution in [0.2, 0.25) is 0 Å². The lowest BCUT2D eigenvalue weighted by Gasteiger charge is -2.14. The monoisotopic (exact) mass is 145 g/mol. The van der Waals surface area contributed by atoms with Gasteiger partial charge in [0.1, 0.15) is 0 Å². The van der Waals surface area contributed by atoms with E-state index in [-0.39, 0.29) is 12.1 Å². The van der Waals surface area contributed by atoms with Gasteiger partial charge >= 0.3 is 0 Å². The van der Waals surface area contributed by atoms with Crippen LogP contribution in [0.5, 0.6) is 0 Å². The Kier molecular flexibility index (Phi) is 4.65. The first-order valence-electron chi connectivity index (χ1n) is 3.96. The van der Waals surface area contributed by atoms with Crippen molar-refractivity contribution in [3.05, 3.63) is 0 Å². The van der Waals surface area contributed by atoms with Crippen molar-refractivity contribution in [1.82, 2.24) is 0 Å². The molecule has 3 N–H and O–H groups in total. The number of aliphatic hydroxyl groups is 1. The van der Waals surface area contributed by atoms with Gasteiger partial charge < -0.3 is 10.8 Å². The summed E-state index contributed by atoms with van der Waals surface area (Å²) in [5.41, 5.74) is 5.59. The normalized spacial score (nSPS) is 20.1. The van der Waals surface area contributed by atoms with Crippen molar-refractivity contribution in [2.75, 3.05) is 0 Å². The third kappa shape index (κ3) is 6.05. The van der Waals surface area contributed by atoms with Gasteiger partial charge in [0.05, 0.1) is 6.10 Å². The van der Waals surface area contributed by atoms with E-state index in [1.807, 2.05) is 13.8 Å². The quantitative estimate of drug-likeness (QED) is 0.623. The molecule has 0 aromatic heterocycles. The molecule has 0 fully saturated rings. The summed E-state index contributed by atoms with van der Waals surface area (Å²) in [7, 11) is 0. The summed E-state index contributed by atoms with van der Waals surface area (Å²) in [6.45, 7) is 5.94. The molecule has 0 spiro atoms. The van der Waals surface area contributed by atoms with Crippen molar-refractivity contribution in [2.24, 2.45) is 11.7 Å². The molecule has 0 rings (SSSR count). The first-order chi connectivity index (χ1) is 4.52. The molecule has 0 heterocycles. The van der Waals surface area contributed by atoms with Gasteiger partial charge in [-0.05, 0) is 32.6 Å². The molecule has 0 bridgehead atoms. The summed E-state index contributed by atoms with van der Waals surface area (Å²) in [4.78, 5) is 0. The molecule has 0 aromatic carbocycles. The molecular formula is C8H19NO. The molecule has 0 aromatic rings. The van der Waals surface area contributed by atoms with E-state index in [4.69, 9.17) is 10.8 Å². The van der Waals surface area contributed by atoms with Crippen LogP contribution in [0, 0.1) is 5.92 Å². The Balaban J connectivity index is 3.34. The average molecular weight is 145 g/mol. The van der Waals surface area contributed by atoms with Crippen LogP contribution < -0.4 is 5.73 Å². The van der Waals surface area contributed by atoms with Crippen molar-refractivity contribution in [3.8, 4) is 0 Å². The molecule has 0 aliphatic carbocycles. The molecule has 62 valence electrons. The third-order valence-corrected chi connectivity index (χ3v) is 1.52. The van der Waals surface area contributed by atoms with Crippen molar-refractivity contribution in [1.29, 1.82) is 0 Å². The SMILES string of the molecule is CC(N)CC(C)CC(C)O. The first kappa shape index (κ1) is 9.92. The van der Waals surface area contributed by atoms with E-state index in [1.54, 1.807) is 0 Å². The summed E-state index contributed by atoms with van der Waals surface area (Å²) >= 11 is 0. The fraction of sp³-hybridized carbons (Fsp3) is 1.00. The van der Waals surface area contributed by atoms with Gasteiger partial charge in [-0.15, -0.1) is 0 Å². The Morgan fingerprint density at radius 3 is 2.00 bits per heavy atom. The highest BCUT2D eigenvalue weighted by Crippen LogP contribution is 2.11. The number of rotatable bonds is 4. The highest BCUT2D eigenvalue weighted by molar-refractivity contribution is 4.62. The molecule has 2 heteroatoms. The van der Waals surface area contributed by atoms with Crippen LogP contribution in [-0.2, 0) is 0 Å². The molecule has 0 aliphatic heterocycles. The van der Waals surface area contributed by atoms with Crippen molar-refractivity contribution in [3.63, 3.8) is 0 Å². The smallest absolute Gasteiger partial charge is 0.0514 e. The van der Waals surface area contributed by atoms with E-state index in [0.717, 1.165) is 12.8 Å². The summed E-state index contributed by atoms with van der Waals surface area (Å²) in [5.74, 6) is 0.542. The van der Waals surface area contributed by atoms with Crippen LogP contribution in [0.15, 0.2) is 0 Å². The number of nitrogens with two attached hydrogens (primary N) is 1. The highest BCUT2D eigenvalue weighted by Gasteiger charge is 2.07. The minimum absolute atomic E-state index is 0.186. The highest BCUT2D eigenvalue weighted by atomic mass is 16.3. The minimum Gasteiger partial charge on any atom is -0.393 e. The Morgan fingerprint density at radius 2 is 1.70 bits per heavy atom. The van der Waals surface area contributed by atoms with Crippen LogP contribution in [0.25, 0.3) is 0 Å². The van der Waals surface area contributed by atoms with E-state index in [9.17, 15) is 0 Å². The Bertz CT molecular complexity index is 71.3. The number of hydrogen-bond donors (Lipinski definition) is 2. The summed E-state index contributed by atoms with van der Waals surface area (Å²) < 4.78 is 0. The summed E-state index contributed by atoms with van der Waals surface area (Å²) in [6.07, 6.45) is 1.68. The van der Waals surface area contributed by atoms with Gasteiger partial charge in [0.2, 0.25) is 0 Å². The van der Waals surface area contributed by atoms with Crippen LogP contribution in [0.1, 0.15) is 33.6 Å². The molecular weight excluding hydrogens is 126 g/mol. The molecule has 0 saturated carbocycles. The predicted molar refractivity (Wildman–Crippen MR) is 43.7 cm³/mol. The van der Waals surface area contributed by atoms with Gasteiger partial charge in [-0.1, -0.05) is 6.92 Å². The van der Waals surface area contributed by atoms with Crippen LogP contribution in [0.4, 0.5) is 0 Å². The molecule has 2 nitrogen and oxygen atoms in total. The second kappa shape index (κ2) is 4.69. The number of hydrogen-bond acceptors (Lipinski definition) is 2. The van der Waals surface area contributed by atoms with Crippen LogP contribution in [0.3, 0.4) is 0 Å². The fourth-order valence-electron chi connectivity index (χ4n) is 1.31. The standard InChI is InChI=1S/C8H19NO/c1-6(4-7(2)9)5-8(3)10/h6-8,10H,4-5,9H2,1-3H3. The summed E-state index contributed by atoms with van der Waals surface area (Å²) in [5, 5.41) is 8.99. The minimum atomic E-state index is -0.186. The Morgan fingerprint density at radius 1 is 1.20 bits per heavy atom. The fourth-order valence-corrected chi connectivity index (χ4v) is 1.31. The maximum atomic E-state index is 8.99. The zero-order valence-electron chi connectivity index (χ0n) is 7.17. The van der Waals surface area contributed by atoms with E-state index >= 15 is 0 Å². The van der Waals surface area contributed by atoms with Gasteiger partial charge in [-0.2, -0.15) is 0 Å². The first-order valence-corrected chi connectivity index (χ1v) is 3.96. The maximum Gasteiger partial charge on any atom is 0.0514 e. The van der Waals surface area contributed by atoms with E-state index < -0.39 is 0 Å². The van der Waals surface area contributed by atoms with Crippen LogP contribution >= 0.6 is 0 Å². The van der Waals surface area contributed by atoms with Gasteiger partial charge in [0, 0.05) is 6.04 Å². The predicted octanol–water partition coefficient (Wildman–Crippen LogP) is 1.13. The van der Waals surface area contributed by atoms with Crippen molar-refractivity contribution in [2.45, 2.75) is 45.8 Å². The lowest BCUT2D eigenvalue weighted by molar-refractivity contribution is 0.160. The molecule has 10 heavy (non-hydrogen) atoms. The molecule has 0 saturated heterocycles. The largest absolute Gasteiger partial charge is 0.393 e. The maximum absolute atomic E-state index is 8.99. The second-order valence-electron chi connectivity index (χ2n) is 3.40. The van der Waals surface area contributed by atoms with Gasteiger partial charge in [0.25, 0.3) is 0 Å².